The molecule has 0 saturated carbocycles. The zero-order valence-electron chi connectivity index (χ0n) is 11.2. The molecule has 0 spiro atoms. The van der Waals surface area contributed by atoms with Crippen LogP contribution >= 0.6 is 11.8 Å². The van der Waals surface area contributed by atoms with Gasteiger partial charge in [0.15, 0.2) is 10.8 Å². The second-order valence-corrected chi connectivity index (χ2v) is 5.83. The summed E-state index contributed by atoms with van der Waals surface area (Å²) in [6, 6.07) is 12.4. The van der Waals surface area contributed by atoms with Gasteiger partial charge in [-0.2, -0.15) is 0 Å². The van der Waals surface area contributed by atoms with Gasteiger partial charge in [0.1, 0.15) is 0 Å². The second-order valence-electron chi connectivity index (χ2n) is 4.52. The number of non-ortho nitro benzene ring substituents is 1. The molecule has 0 N–H and O–H groups in total. The van der Waals surface area contributed by atoms with Crippen molar-refractivity contribution in [3.8, 4) is 0 Å². The van der Waals surface area contributed by atoms with E-state index in [9.17, 15) is 10.1 Å². The fraction of sp³-hybridized carbons (Fsp3) is 0.143. The average molecular weight is 300 g/mol. The van der Waals surface area contributed by atoms with E-state index in [1.54, 1.807) is 12.1 Å². The summed E-state index contributed by atoms with van der Waals surface area (Å²) in [5.74, 6) is 0. The Morgan fingerprint density at radius 2 is 2.10 bits per heavy atom. The van der Waals surface area contributed by atoms with Gasteiger partial charge in [0.25, 0.3) is 5.69 Å². The zero-order valence-corrected chi connectivity index (χ0v) is 12.0. The minimum absolute atomic E-state index is 0.0394. The maximum Gasteiger partial charge on any atom is 0.269 e. The lowest BCUT2D eigenvalue weighted by Crippen LogP contribution is -1.94. The van der Waals surface area contributed by atoms with Gasteiger partial charge < -0.3 is 0 Å². The van der Waals surface area contributed by atoms with Crippen molar-refractivity contribution in [1.82, 2.24) is 14.6 Å². The average Bonchev–Trinajstić information content (AvgIpc) is 2.91. The van der Waals surface area contributed by atoms with Crippen LogP contribution in [0.2, 0.25) is 0 Å². The number of hydrogen-bond donors (Lipinski definition) is 0. The van der Waals surface area contributed by atoms with E-state index in [1.807, 2.05) is 41.8 Å². The molecule has 2 aromatic heterocycles. The van der Waals surface area contributed by atoms with Gasteiger partial charge in [0.2, 0.25) is 0 Å². The van der Waals surface area contributed by atoms with Gasteiger partial charge in [-0.25, -0.2) is 0 Å². The van der Waals surface area contributed by atoms with E-state index in [1.165, 1.54) is 17.8 Å². The molecule has 0 aliphatic heterocycles. The van der Waals surface area contributed by atoms with Gasteiger partial charge in [0, 0.05) is 23.6 Å². The number of pyridine rings is 1. The largest absolute Gasteiger partial charge is 0.277 e. The third-order valence-corrected chi connectivity index (χ3v) is 4.23. The zero-order chi connectivity index (χ0) is 14.8. The van der Waals surface area contributed by atoms with Crippen LogP contribution < -0.4 is 0 Å². The van der Waals surface area contributed by atoms with Crippen molar-refractivity contribution in [2.45, 2.75) is 17.3 Å². The number of aromatic nitrogens is 3. The Morgan fingerprint density at radius 3 is 2.90 bits per heavy atom. The lowest BCUT2D eigenvalue weighted by molar-refractivity contribution is -0.384. The maximum absolute atomic E-state index is 10.8. The van der Waals surface area contributed by atoms with Gasteiger partial charge in [-0.15, -0.1) is 10.2 Å². The van der Waals surface area contributed by atoms with Gasteiger partial charge in [-0.05, 0) is 24.6 Å². The molecule has 21 heavy (non-hydrogen) atoms. The molecule has 0 unspecified atom stereocenters. The van der Waals surface area contributed by atoms with Gasteiger partial charge in [-0.1, -0.05) is 30.0 Å². The highest BCUT2D eigenvalue weighted by Gasteiger charge is 2.15. The molecule has 0 aliphatic carbocycles. The van der Waals surface area contributed by atoms with Crippen LogP contribution in [0, 0.1) is 10.1 Å². The molecule has 0 saturated heterocycles. The van der Waals surface area contributed by atoms with Crippen LogP contribution in [0.15, 0.2) is 53.8 Å². The van der Waals surface area contributed by atoms with Crippen molar-refractivity contribution in [3.05, 3.63) is 64.3 Å². The normalized spacial score (nSPS) is 12.4. The first-order valence-corrected chi connectivity index (χ1v) is 7.24. The summed E-state index contributed by atoms with van der Waals surface area (Å²) in [4.78, 5) is 10.5. The lowest BCUT2D eigenvalue weighted by atomic mass is 10.1. The summed E-state index contributed by atoms with van der Waals surface area (Å²) in [6.07, 6.45) is 1.90. The summed E-state index contributed by atoms with van der Waals surface area (Å²) < 4.78 is 1.90. The fourth-order valence-corrected chi connectivity index (χ4v) is 2.97. The Morgan fingerprint density at radius 1 is 1.24 bits per heavy atom. The summed E-state index contributed by atoms with van der Waals surface area (Å²) in [6.45, 7) is 1.99. The van der Waals surface area contributed by atoms with E-state index in [2.05, 4.69) is 10.2 Å². The number of hydrogen-bond acceptors (Lipinski definition) is 5. The first-order valence-electron chi connectivity index (χ1n) is 6.36. The quantitative estimate of drug-likeness (QED) is 0.419. The number of benzene rings is 1. The molecule has 3 aromatic rings. The molecule has 0 aliphatic rings. The Hall–Kier alpha value is -2.41. The van der Waals surface area contributed by atoms with Crippen molar-refractivity contribution in [1.29, 1.82) is 0 Å². The van der Waals surface area contributed by atoms with Gasteiger partial charge in [-0.3, -0.25) is 14.5 Å². The van der Waals surface area contributed by atoms with E-state index >= 15 is 0 Å². The smallest absolute Gasteiger partial charge is 0.269 e. The summed E-state index contributed by atoms with van der Waals surface area (Å²) in [5.41, 5.74) is 1.78. The van der Waals surface area contributed by atoms with Crippen LogP contribution in [-0.4, -0.2) is 19.5 Å². The van der Waals surface area contributed by atoms with Crippen LogP contribution in [0.4, 0.5) is 5.69 Å². The fourth-order valence-electron chi connectivity index (χ4n) is 2.02. The summed E-state index contributed by atoms with van der Waals surface area (Å²) in [5, 5.41) is 19.9. The van der Waals surface area contributed by atoms with Crippen LogP contribution in [0.3, 0.4) is 0 Å². The highest BCUT2D eigenvalue weighted by atomic mass is 32.2. The number of thioether (sulfide) groups is 1. The Balaban J connectivity index is 1.87. The van der Waals surface area contributed by atoms with E-state index in [4.69, 9.17) is 0 Å². The highest BCUT2D eigenvalue weighted by molar-refractivity contribution is 7.99. The molecule has 2 heterocycles. The Kier molecular flexibility index (Phi) is 3.57. The third kappa shape index (κ3) is 2.73. The van der Waals surface area contributed by atoms with Crippen LogP contribution in [0.1, 0.15) is 17.7 Å². The van der Waals surface area contributed by atoms with E-state index in [0.29, 0.717) is 0 Å². The molecule has 0 radical (unpaired) electrons. The number of nitro benzene ring substituents is 1. The Labute approximate surface area is 125 Å². The molecule has 0 fully saturated rings. The van der Waals surface area contributed by atoms with E-state index in [0.717, 1.165) is 16.4 Å². The van der Waals surface area contributed by atoms with Crippen molar-refractivity contribution in [2.75, 3.05) is 0 Å². The molecule has 0 amide bonds. The number of nitro groups is 1. The van der Waals surface area contributed by atoms with Crippen molar-refractivity contribution >= 4 is 23.1 Å². The highest BCUT2D eigenvalue weighted by Crippen LogP contribution is 2.34. The summed E-state index contributed by atoms with van der Waals surface area (Å²) >= 11 is 1.52. The first kappa shape index (κ1) is 13.6. The van der Waals surface area contributed by atoms with E-state index < -0.39 is 0 Å². The lowest BCUT2D eigenvalue weighted by Gasteiger charge is -2.09. The monoisotopic (exact) mass is 300 g/mol. The maximum atomic E-state index is 10.8. The van der Waals surface area contributed by atoms with Crippen LogP contribution in [-0.2, 0) is 0 Å². The number of rotatable bonds is 4. The van der Waals surface area contributed by atoms with E-state index in [-0.39, 0.29) is 15.9 Å². The van der Waals surface area contributed by atoms with Crippen molar-refractivity contribution in [2.24, 2.45) is 0 Å². The standard InChI is InChI=1S/C14H12N4O2S/c1-10(11-5-4-6-12(9-11)18(19)20)21-14-16-15-13-7-2-3-8-17(13)14/h2-10H,1H3/t10-/m1/s1. The SMILES string of the molecule is C[C@@H](Sc1nnc2ccccn12)c1cccc([N+](=O)[O-])c1. The third-order valence-electron chi connectivity index (χ3n) is 3.12. The van der Waals surface area contributed by atoms with Gasteiger partial charge >= 0.3 is 0 Å². The number of nitrogens with zero attached hydrogens (tertiary/aromatic N) is 4. The molecule has 1 aromatic carbocycles. The first-order chi connectivity index (χ1) is 10.1. The molecule has 6 nitrogen and oxygen atoms in total. The molecule has 0 bridgehead atoms. The van der Waals surface area contributed by atoms with Crippen molar-refractivity contribution in [3.63, 3.8) is 0 Å². The molecule has 106 valence electrons. The van der Waals surface area contributed by atoms with Gasteiger partial charge in [0.05, 0.1) is 4.92 Å². The molecule has 1 atom stereocenters. The minimum atomic E-state index is -0.382. The molecule has 3 rings (SSSR count). The molecule has 7 heteroatoms. The minimum Gasteiger partial charge on any atom is -0.277 e. The summed E-state index contributed by atoms with van der Waals surface area (Å²) in [7, 11) is 0. The number of fused-ring (bicyclic) bond motifs is 1. The van der Waals surface area contributed by atoms with Crippen LogP contribution in [0.25, 0.3) is 5.65 Å². The predicted octanol–water partition coefficient (Wildman–Crippen LogP) is 3.49. The molecular formula is C14H12N4O2S. The molecular weight excluding hydrogens is 288 g/mol. The predicted molar refractivity (Wildman–Crippen MR) is 80.4 cm³/mol. The van der Waals surface area contributed by atoms with Crippen LogP contribution in [0.5, 0.6) is 0 Å². The second kappa shape index (κ2) is 5.53. The van der Waals surface area contributed by atoms with Crippen molar-refractivity contribution < 1.29 is 4.92 Å². The topological polar surface area (TPSA) is 73.3 Å². The Bertz CT molecular complexity index is 802.